The summed E-state index contributed by atoms with van der Waals surface area (Å²) in [5.74, 6) is 1.89. The Balaban J connectivity index is 2.21. The largest absolute Gasteiger partial charge is 0.421 e. The van der Waals surface area contributed by atoms with Gasteiger partial charge in [0.2, 0.25) is 11.8 Å². The van der Waals surface area contributed by atoms with Crippen LogP contribution in [0.15, 0.2) is 22.7 Å². The predicted molar refractivity (Wildman–Crippen MR) is 55.8 cm³/mol. The van der Waals surface area contributed by atoms with Gasteiger partial charge in [-0.15, -0.1) is 20.4 Å². The third kappa shape index (κ3) is 1.27. The second-order valence-corrected chi connectivity index (χ2v) is 3.52. The van der Waals surface area contributed by atoms with Crippen LogP contribution >= 0.6 is 0 Å². The highest BCUT2D eigenvalue weighted by Gasteiger charge is 2.08. The molecule has 3 aromatic rings. The summed E-state index contributed by atoms with van der Waals surface area (Å²) >= 11 is 0. The van der Waals surface area contributed by atoms with Crippen molar-refractivity contribution >= 4 is 5.65 Å². The lowest BCUT2D eigenvalue weighted by atomic mass is 10.3. The van der Waals surface area contributed by atoms with Crippen LogP contribution in [0.1, 0.15) is 11.7 Å². The van der Waals surface area contributed by atoms with E-state index in [4.69, 9.17) is 4.42 Å². The van der Waals surface area contributed by atoms with Crippen LogP contribution in [0.2, 0.25) is 0 Å². The van der Waals surface area contributed by atoms with Crippen molar-refractivity contribution in [3.05, 3.63) is 30.0 Å². The minimum absolute atomic E-state index is 0.507. The second-order valence-electron chi connectivity index (χ2n) is 3.52. The van der Waals surface area contributed by atoms with Crippen molar-refractivity contribution < 1.29 is 4.42 Å². The van der Waals surface area contributed by atoms with Crippen molar-refractivity contribution in [3.63, 3.8) is 0 Å². The molecular formula is C10H9N5O. The number of aromatic nitrogens is 5. The minimum atomic E-state index is 0.507. The molecule has 16 heavy (non-hydrogen) atoms. The van der Waals surface area contributed by atoms with Crippen molar-refractivity contribution in [1.29, 1.82) is 0 Å². The first-order chi connectivity index (χ1) is 7.74. The van der Waals surface area contributed by atoms with Gasteiger partial charge in [0.1, 0.15) is 5.82 Å². The Labute approximate surface area is 90.9 Å². The van der Waals surface area contributed by atoms with Gasteiger partial charge in [0.25, 0.3) is 0 Å². The maximum atomic E-state index is 5.36. The Kier molecular flexibility index (Phi) is 1.76. The molecule has 0 saturated carbocycles. The molecule has 3 rings (SSSR count). The van der Waals surface area contributed by atoms with Crippen LogP contribution < -0.4 is 0 Å². The molecule has 0 atom stereocenters. The van der Waals surface area contributed by atoms with Gasteiger partial charge in [0, 0.05) is 13.1 Å². The smallest absolute Gasteiger partial charge is 0.249 e. The number of nitrogens with zero attached hydrogens (tertiary/aromatic N) is 5. The highest BCUT2D eigenvalue weighted by Crippen LogP contribution is 2.18. The summed E-state index contributed by atoms with van der Waals surface area (Å²) in [5.41, 5.74) is 1.66. The standard InChI is InChI=1S/C10H9N5O/c1-6-11-13-9-4-3-8(5-15(6)9)10-14-12-7(2)16-10/h3-5H,1-2H3. The fourth-order valence-corrected chi connectivity index (χ4v) is 1.55. The summed E-state index contributed by atoms with van der Waals surface area (Å²) in [7, 11) is 0. The van der Waals surface area contributed by atoms with Crippen molar-refractivity contribution in [3.8, 4) is 11.5 Å². The molecule has 6 nitrogen and oxygen atoms in total. The van der Waals surface area contributed by atoms with Gasteiger partial charge in [-0.05, 0) is 19.1 Å². The number of rotatable bonds is 1. The number of pyridine rings is 1. The molecule has 0 fully saturated rings. The lowest BCUT2D eigenvalue weighted by Gasteiger charge is -1.97. The molecule has 6 heteroatoms. The van der Waals surface area contributed by atoms with Crippen LogP contribution in [-0.4, -0.2) is 24.8 Å². The Morgan fingerprint density at radius 3 is 2.69 bits per heavy atom. The molecule has 0 amide bonds. The Morgan fingerprint density at radius 1 is 1.06 bits per heavy atom. The van der Waals surface area contributed by atoms with Crippen molar-refractivity contribution in [2.75, 3.05) is 0 Å². The van der Waals surface area contributed by atoms with Gasteiger partial charge in [0.15, 0.2) is 5.65 Å². The summed E-state index contributed by atoms with van der Waals surface area (Å²) in [5, 5.41) is 15.7. The first kappa shape index (κ1) is 9.02. The highest BCUT2D eigenvalue weighted by molar-refractivity contribution is 5.55. The van der Waals surface area contributed by atoms with E-state index in [1.165, 1.54) is 0 Å². The molecule has 0 aliphatic rings. The van der Waals surface area contributed by atoms with Gasteiger partial charge >= 0.3 is 0 Å². The molecule has 0 aromatic carbocycles. The molecule has 0 radical (unpaired) electrons. The molecule has 3 aromatic heterocycles. The van der Waals surface area contributed by atoms with E-state index in [2.05, 4.69) is 20.4 Å². The molecule has 0 bridgehead atoms. The van der Waals surface area contributed by atoms with Gasteiger partial charge in [-0.25, -0.2) is 0 Å². The van der Waals surface area contributed by atoms with Crippen LogP contribution in [-0.2, 0) is 0 Å². The zero-order valence-electron chi connectivity index (χ0n) is 8.88. The third-order valence-corrected chi connectivity index (χ3v) is 2.35. The molecule has 80 valence electrons. The van der Waals surface area contributed by atoms with Gasteiger partial charge in [0.05, 0.1) is 5.56 Å². The molecule has 0 N–H and O–H groups in total. The van der Waals surface area contributed by atoms with E-state index in [-0.39, 0.29) is 0 Å². The molecule has 3 heterocycles. The summed E-state index contributed by atoms with van der Waals surface area (Å²) < 4.78 is 7.24. The summed E-state index contributed by atoms with van der Waals surface area (Å²) in [6, 6.07) is 3.76. The SMILES string of the molecule is Cc1nnc(-c2ccc3nnc(C)n3c2)o1. The predicted octanol–water partition coefficient (Wildman–Crippen LogP) is 1.40. The van der Waals surface area contributed by atoms with Crippen molar-refractivity contribution in [2.45, 2.75) is 13.8 Å². The van der Waals surface area contributed by atoms with Crippen molar-refractivity contribution in [2.24, 2.45) is 0 Å². The van der Waals surface area contributed by atoms with Gasteiger partial charge in [-0.1, -0.05) is 0 Å². The molecule has 0 aliphatic carbocycles. The number of aryl methyl sites for hydroxylation is 2. The Bertz CT molecular complexity index is 654. The quantitative estimate of drug-likeness (QED) is 0.613. The number of hydrogen-bond donors (Lipinski definition) is 0. The van der Waals surface area contributed by atoms with E-state index in [9.17, 15) is 0 Å². The molecule has 0 spiro atoms. The first-order valence-electron chi connectivity index (χ1n) is 4.86. The average Bonchev–Trinajstić information content (AvgIpc) is 2.86. The van der Waals surface area contributed by atoms with Crippen molar-refractivity contribution in [1.82, 2.24) is 24.8 Å². The summed E-state index contributed by atoms with van der Waals surface area (Å²) in [6.45, 7) is 3.65. The van der Waals surface area contributed by atoms with Crippen LogP contribution in [0.4, 0.5) is 0 Å². The molecule has 0 aliphatic heterocycles. The van der Waals surface area contributed by atoms with E-state index in [1.54, 1.807) is 6.92 Å². The molecule has 0 saturated heterocycles. The van der Waals surface area contributed by atoms with Crippen LogP contribution in [0.3, 0.4) is 0 Å². The van der Waals surface area contributed by atoms with E-state index < -0.39 is 0 Å². The monoisotopic (exact) mass is 215 g/mol. The van der Waals surface area contributed by atoms with Gasteiger partial charge < -0.3 is 4.42 Å². The topological polar surface area (TPSA) is 69.1 Å². The van der Waals surface area contributed by atoms with Gasteiger partial charge in [-0.3, -0.25) is 4.40 Å². The van der Waals surface area contributed by atoms with Crippen LogP contribution in [0.25, 0.3) is 17.1 Å². The van der Waals surface area contributed by atoms with Crippen LogP contribution in [0, 0.1) is 13.8 Å². The first-order valence-corrected chi connectivity index (χ1v) is 4.86. The lowest BCUT2D eigenvalue weighted by molar-refractivity contribution is 0.532. The van der Waals surface area contributed by atoms with E-state index in [0.717, 1.165) is 17.0 Å². The average molecular weight is 215 g/mol. The Hall–Kier alpha value is -2.24. The summed E-state index contributed by atoms with van der Waals surface area (Å²) in [6.07, 6.45) is 1.89. The lowest BCUT2D eigenvalue weighted by Crippen LogP contribution is -1.89. The number of hydrogen-bond acceptors (Lipinski definition) is 5. The van der Waals surface area contributed by atoms with E-state index in [1.807, 2.05) is 29.7 Å². The third-order valence-electron chi connectivity index (χ3n) is 2.35. The second kappa shape index (κ2) is 3.13. The molecular weight excluding hydrogens is 206 g/mol. The maximum absolute atomic E-state index is 5.36. The maximum Gasteiger partial charge on any atom is 0.249 e. The normalized spacial score (nSPS) is 11.1. The zero-order valence-corrected chi connectivity index (χ0v) is 8.88. The fourth-order valence-electron chi connectivity index (χ4n) is 1.55. The van der Waals surface area contributed by atoms with E-state index >= 15 is 0 Å². The highest BCUT2D eigenvalue weighted by atomic mass is 16.4. The zero-order chi connectivity index (χ0) is 11.1. The van der Waals surface area contributed by atoms with Crippen LogP contribution in [0.5, 0.6) is 0 Å². The molecule has 0 unspecified atom stereocenters. The van der Waals surface area contributed by atoms with Gasteiger partial charge in [-0.2, -0.15) is 0 Å². The van der Waals surface area contributed by atoms with E-state index in [0.29, 0.717) is 11.8 Å². The Morgan fingerprint density at radius 2 is 1.94 bits per heavy atom. The minimum Gasteiger partial charge on any atom is -0.421 e. The number of fused-ring (bicyclic) bond motifs is 1. The fraction of sp³-hybridized carbons (Fsp3) is 0.200. The summed E-state index contributed by atoms with van der Waals surface area (Å²) in [4.78, 5) is 0.